The Morgan fingerprint density at radius 1 is 1.06 bits per heavy atom. The molecule has 0 saturated heterocycles. The fourth-order valence-corrected chi connectivity index (χ4v) is 5.03. The molecule has 0 unspecified atom stereocenters. The van der Waals surface area contributed by atoms with Crippen LogP contribution in [0.1, 0.15) is 41.5 Å². The van der Waals surface area contributed by atoms with Crippen LogP contribution in [0.4, 0.5) is 4.39 Å². The lowest BCUT2D eigenvalue weighted by Gasteiger charge is -2.11. The molecule has 0 radical (unpaired) electrons. The predicted molar refractivity (Wildman–Crippen MR) is 132 cm³/mol. The van der Waals surface area contributed by atoms with Crippen molar-refractivity contribution in [2.75, 3.05) is 5.75 Å². The standard InChI is InChI=1S/C26H26FN3O3S/c1-3-4-14-34(32,33)29-26(31)21-11-13-24-25(16-21)30(18(2)28-24)17-19-10-12-22(23(27)15-19)20-8-6-5-7-9-20/h5-13,15-16H,3-4,14,17H2,1-2H3,(H,29,31). The minimum absolute atomic E-state index is 0.0981. The molecule has 0 saturated carbocycles. The van der Waals surface area contributed by atoms with Crippen molar-refractivity contribution < 1.29 is 17.6 Å². The van der Waals surface area contributed by atoms with Crippen molar-refractivity contribution in [1.29, 1.82) is 0 Å². The lowest BCUT2D eigenvalue weighted by Crippen LogP contribution is -2.32. The van der Waals surface area contributed by atoms with Gasteiger partial charge in [0.2, 0.25) is 10.0 Å². The van der Waals surface area contributed by atoms with Gasteiger partial charge in [-0.15, -0.1) is 0 Å². The number of nitrogens with zero attached hydrogens (tertiary/aromatic N) is 2. The Labute approximate surface area is 198 Å². The molecular weight excluding hydrogens is 453 g/mol. The van der Waals surface area contributed by atoms with Crippen molar-refractivity contribution in [3.8, 4) is 11.1 Å². The molecule has 34 heavy (non-hydrogen) atoms. The van der Waals surface area contributed by atoms with Gasteiger partial charge in [0, 0.05) is 17.7 Å². The second-order valence-electron chi connectivity index (χ2n) is 8.23. The lowest BCUT2D eigenvalue weighted by molar-refractivity contribution is 0.0981. The van der Waals surface area contributed by atoms with Gasteiger partial charge in [-0.25, -0.2) is 22.5 Å². The van der Waals surface area contributed by atoms with Crippen LogP contribution in [0.5, 0.6) is 0 Å². The highest BCUT2D eigenvalue weighted by molar-refractivity contribution is 7.90. The number of imidazole rings is 1. The smallest absolute Gasteiger partial charge is 0.264 e. The fraction of sp³-hybridized carbons (Fsp3) is 0.231. The van der Waals surface area contributed by atoms with Crippen molar-refractivity contribution in [2.45, 2.75) is 33.2 Å². The number of hydrogen-bond acceptors (Lipinski definition) is 4. The number of benzene rings is 3. The third kappa shape index (κ3) is 5.17. The van der Waals surface area contributed by atoms with E-state index in [0.29, 0.717) is 41.8 Å². The molecule has 3 aromatic carbocycles. The van der Waals surface area contributed by atoms with Crippen LogP contribution in [-0.2, 0) is 16.6 Å². The number of rotatable bonds is 8. The van der Waals surface area contributed by atoms with E-state index in [1.54, 1.807) is 24.3 Å². The summed E-state index contributed by atoms with van der Waals surface area (Å²) in [5.41, 5.74) is 3.64. The van der Waals surface area contributed by atoms with Crippen molar-refractivity contribution >= 4 is 27.0 Å². The number of hydrogen-bond donors (Lipinski definition) is 1. The van der Waals surface area contributed by atoms with Gasteiger partial charge < -0.3 is 4.57 Å². The number of fused-ring (bicyclic) bond motifs is 1. The summed E-state index contributed by atoms with van der Waals surface area (Å²) in [5.74, 6) is -0.389. The molecular formula is C26H26FN3O3S. The molecule has 176 valence electrons. The summed E-state index contributed by atoms with van der Waals surface area (Å²) in [4.78, 5) is 17.1. The summed E-state index contributed by atoms with van der Waals surface area (Å²) in [6.45, 7) is 4.08. The molecule has 0 aliphatic carbocycles. The Morgan fingerprint density at radius 3 is 2.53 bits per heavy atom. The molecule has 4 rings (SSSR count). The van der Waals surface area contributed by atoms with E-state index in [0.717, 1.165) is 11.1 Å². The fourth-order valence-electron chi connectivity index (χ4n) is 3.86. The number of aromatic nitrogens is 2. The molecule has 0 spiro atoms. The topological polar surface area (TPSA) is 81.1 Å². The van der Waals surface area contributed by atoms with E-state index in [2.05, 4.69) is 9.71 Å². The van der Waals surface area contributed by atoms with Gasteiger partial charge in [0.1, 0.15) is 11.6 Å². The summed E-state index contributed by atoms with van der Waals surface area (Å²) in [7, 11) is -3.69. The van der Waals surface area contributed by atoms with Crippen molar-refractivity contribution in [3.05, 3.63) is 89.5 Å². The molecule has 0 aliphatic heterocycles. The largest absolute Gasteiger partial charge is 0.324 e. The van der Waals surface area contributed by atoms with Gasteiger partial charge in [-0.1, -0.05) is 55.8 Å². The minimum Gasteiger partial charge on any atom is -0.324 e. The number of halogens is 1. The number of carbonyl (C=O) groups excluding carboxylic acids is 1. The van der Waals surface area contributed by atoms with Crippen molar-refractivity contribution in [2.24, 2.45) is 0 Å². The van der Waals surface area contributed by atoms with Crippen LogP contribution in [0.3, 0.4) is 0 Å². The molecule has 0 aliphatic rings. The van der Waals surface area contributed by atoms with Gasteiger partial charge in [-0.3, -0.25) is 4.79 Å². The minimum atomic E-state index is -3.69. The highest BCUT2D eigenvalue weighted by atomic mass is 32.2. The maximum absolute atomic E-state index is 14.9. The molecule has 0 fully saturated rings. The second kappa shape index (κ2) is 9.77. The Kier molecular flexibility index (Phi) is 6.79. The summed E-state index contributed by atoms with van der Waals surface area (Å²) in [5, 5.41) is 0. The number of nitrogens with one attached hydrogen (secondary N) is 1. The average Bonchev–Trinajstić information content (AvgIpc) is 3.12. The third-order valence-corrected chi connectivity index (χ3v) is 7.00. The molecule has 0 bridgehead atoms. The van der Waals surface area contributed by atoms with Crippen molar-refractivity contribution in [3.63, 3.8) is 0 Å². The highest BCUT2D eigenvalue weighted by Gasteiger charge is 2.18. The van der Waals surface area contributed by atoms with Gasteiger partial charge >= 0.3 is 0 Å². The zero-order chi connectivity index (χ0) is 24.3. The van der Waals surface area contributed by atoms with E-state index >= 15 is 0 Å². The molecule has 6 nitrogen and oxygen atoms in total. The Morgan fingerprint density at radius 2 is 1.82 bits per heavy atom. The van der Waals surface area contributed by atoms with Crippen LogP contribution in [0.15, 0.2) is 66.7 Å². The van der Waals surface area contributed by atoms with E-state index in [4.69, 9.17) is 0 Å². The number of amides is 1. The first-order chi connectivity index (χ1) is 16.3. The van der Waals surface area contributed by atoms with E-state index in [1.807, 2.05) is 54.8 Å². The SMILES string of the molecule is CCCCS(=O)(=O)NC(=O)c1ccc2nc(C)n(Cc3ccc(-c4ccccc4)c(F)c3)c2c1. The first-order valence-electron chi connectivity index (χ1n) is 11.1. The molecule has 4 aromatic rings. The first-order valence-corrected chi connectivity index (χ1v) is 12.8. The number of aryl methyl sites for hydroxylation is 1. The van der Waals surface area contributed by atoms with Crippen LogP contribution in [0, 0.1) is 12.7 Å². The van der Waals surface area contributed by atoms with Gasteiger partial charge in [0.25, 0.3) is 5.91 Å². The zero-order valence-electron chi connectivity index (χ0n) is 19.1. The average molecular weight is 480 g/mol. The van der Waals surface area contributed by atoms with Gasteiger partial charge in [-0.2, -0.15) is 0 Å². The van der Waals surface area contributed by atoms with Crippen LogP contribution in [-0.4, -0.2) is 29.6 Å². The number of carbonyl (C=O) groups is 1. The quantitative estimate of drug-likeness (QED) is 0.383. The van der Waals surface area contributed by atoms with E-state index in [1.165, 1.54) is 6.07 Å². The predicted octanol–water partition coefficient (Wildman–Crippen LogP) is 5.06. The van der Waals surface area contributed by atoms with Crippen LogP contribution >= 0.6 is 0 Å². The zero-order valence-corrected chi connectivity index (χ0v) is 19.9. The summed E-state index contributed by atoms with van der Waals surface area (Å²) in [6.07, 6.45) is 1.19. The lowest BCUT2D eigenvalue weighted by atomic mass is 10.0. The van der Waals surface area contributed by atoms with E-state index < -0.39 is 15.9 Å². The molecule has 0 atom stereocenters. The summed E-state index contributed by atoms with van der Waals surface area (Å²) < 4.78 is 43.1. The second-order valence-corrected chi connectivity index (χ2v) is 10.1. The molecule has 8 heteroatoms. The summed E-state index contributed by atoms with van der Waals surface area (Å²) in [6, 6.07) is 19.3. The first kappa shape index (κ1) is 23.6. The van der Waals surface area contributed by atoms with Gasteiger partial charge in [0.15, 0.2) is 0 Å². The van der Waals surface area contributed by atoms with Gasteiger partial charge in [-0.05, 0) is 48.7 Å². The Bertz CT molecular complexity index is 1450. The number of sulfonamides is 1. The summed E-state index contributed by atoms with van der Waals surface area (Å²) >= 11 is 0. The van der Waals surface area contributed by atoms with Gasteiger partial charge in [0.05, 0.1) is 16.8 Å². The highest BCUT2D eigenvalue weighted by Crippen LogP contribution is 2.25. The molecule has 1 amide bonds. The van der Waals surface area contributed by atoms with E-state index in [9.17, 15) is 17.6 Å². The Hall–Kier alpha value is -3.52. The third-order valence-electron chi connectivity index (χ3n) is 5.68. The molecule has 1 N–H and O–H groups in total. The van der Waals surface area contributed by atoms with Crippen molar-refractivity contribution in [1.82, 2.24) is 14.3 Å². The monoisotopic (exact) mass is 479 g/mol. The Balaban J connectivity index is 1.61. The molecule has 1 aromatic heterocycles. The van der Waals surface area contributed by atoms with E-state index in [-0.39, 0.29) is 17.1 Å². The van der Waals surface area contributed by atoms with Crippen LogP contribution < -0.4 is 4.72 Å². The van der Waals surface area contributed by atoms with Crippen LogP contribution in [0.25, 0.3) is 22.2 Å². The normalized spacial score (nSPS) is 11.6. The maximum atomic E-state index is 14.9. The molecule has 1 heterocycles. The number of unbranched alkanes of at least 4 members (excludes halogenated alkanes) is 1. The van der Waals surface area contributed by atoms with Crippen LogP contribution in [0.2, 0.25) is 0 Å². The maximum Gasteiger partial charge on any atom is 0.264 e.